The largest absolute Gasteiger partial charge is 0.481 e. The number of benzene rings is 1. The van der Waals surface area contributed by atoms with Crippen molar-refractivity contribution in [3.8, 4) is 5.75 Å². The van der Waals surface area contributed by atoms with Gasteiger partial charge in [-0.2, -0.15) is 0 Å². The molecule has 0 heterocycles. The molecule has 1 aliphatic rings. The first-order valence-electron chi connectivity index (χ1n) is 6.55. The number of hydrogen-bond acceptors (Lipinski definition) is 4. The molecule has 1 fully saturated rings. The Labute approximate surface area is 116 Å². The molecule has 20 heavy (non-hydrogen) atoms. The molecule has 5 nitrogen and oxygen atoms in total. The summed E-state index contributed by atoms with van der Waals surface area (Å²) in [5, 5.41) is 21.4. The van der Waals surface area contributed by atoms with Crippen molar-refractivity contribution in [1.29, 1.82) is 0 Å². The lowest BCUT2D eigenvalue weighted by Crippen LogP contribution is -2.36. The lowest BCUT2D eigenvalue weighted by atomic mass is 10.1. The highest BCUT2D eigenvalue weighted by atomic mass is 19.1. The monoisotopic (exact) mass is 283 g/mol. The molecule has 0 radical (unpaired) electrons. The number of halogens is 1. The number of nitrogens with one attached hydrogen (secondary N) is 1. The van der Waals surface area contributed by atoms with Crippen LogP contribution in [0.15, 0.2) is 24.3 Å². The van der Waals surface area contributed by atoms with E-state index in [2.05, 4.69) is 5.32 Å². The van der Waals surface area contributed by atoms with Crippen LogP contribution < -0.4 is 10.1 Å². The average molecular weight is 283 g/mol. The van der Waals surface area contributed by atoms with Gasteiger partial charge < -0.3 is 20.3 Å². The fourth-order valence-electron chi connectivity index (χ4n) is 2.39. The van der Waals surface area contributed by atoms with Crippen molar-refractivity contribution >= 4 is 5.91 Å². The number of carbonyl (C=O) groups excluding carboxylic acids is 1. The van der Waals surface area contributed by atoms with E-state index in [9.17, 15) is 14.3 Å². The normalized spacial score (nSPS) is 25.4. The van der Waals surface area contributed by atoms with Gasteiger partial charge in [0.2, 0.25) is 0 Å². The van der Waals surface area contributed by atoms with Crippen molar-refractivity contribution in [3.05, 3.63) is 30.1 Å². The summed E-state index contributed by atoms with van der Waals surface area (Å²) in [6.07, 6.45) is 0.345. The third-order valence-corrected chi connectivity index (χ3v) is 3.45. The molecule has 0 aliphatic heterocycles. The standard InChI is InChI=1S/C14H18FNO4/c15-11-3-1-2-4-13(11)20-8-14(19)16-10-5-9(7-17)12(18)6-10/h1-4,9-10,12,17-18H,5-8H2,(H,16,19)/t9-,10+,12-/m1/s1. The minimum absolute atomic E-state index is 0.0299. The fourth-order valence-corrected chi connectivity index (χ4v) is 2.39. The van der Waals surface area contributed by atoms with Crippen LogP contribution in [0.2, 0.25) is 0 Å². The van der Waals surface area contributed by atoms with Gasteiger partial charge in [0, 0.05) is 18.6 Å². The maximum Gasteiger partial charge on any atom is 0.258 e. The molecule has 1 aromatic rings. The first kappa shape index (κ1) is 14.7. The Bertz CT molecular complexity index is 468. The lowest BCUT2D eigenvalue weighted by Gasteiger charge is -2.13. The molecule has 0 spiro atoms. The van der Waals surface area contributed by atoms with E-state index in [-0.39, 0.29) is 36.8 Å². The van der Waals surface area contributed by atoms with E-state index in [4.69, 9.17) is 9.84 Å². The number of carbonyl (C=O) groups is 1. The zero-order chi connectivity index (χ0) is 14.5. The molecule has 1 amide bonds. The molecular weight excluding hydrogens is 265 g/mol. The number of amides is 1. The third kappa shape index (κ3) is 3.68. The number of aliphatic hydroxyl groups excluding tert-OH is 2. The minimum atomic E-state index is -0.599. The maximum absolute atomic E-state index is 13.3. The van der Waals surface area contributed by atoms with E-state index < -0.39 is 11.9 Å². The number of aliphatic hydroxyl groups is 2. The quantitative estimate of drug-likeness (QED) is 0.733. The van der Waals surface area contributed by atoms with Gasteiger partial charge >= 0.3 is 0 Å². The zero-order valence-electron chi connectivity index (χ0n) is 11.0. The van der Waals surface area contributed by atoms with Crippen LogP contribution in [0, 0.1) is 11.7 Å². The summed E-state index contributed by atoms with van der Waals surface area (Å²) in [4.78, 5) is 11.7. The number of hydrogen-bond donors (Lipinski definition) is 3. The molecule has 6 heteroatoms. The Balaban J connectivity index is 1.78. The van der Waals surface area contributed by atoms with Crippen molar-refractivity contribution in [1.82, 2.24) is 5.32 Å². The van der Waals surface area contributed by atoms with Crippen LogP contribution in [0.4, 0.5) is 4.39 Å². The highest BCUT2D eigenvalue weighted by Gasteiger charge is 2.33. The van der Waals surface area contributed by atoms with Crippen LogP contribution in [0.5, 0.6) is 5.75 Å². The van der Waals surface area contributed by atoms with Gasteiger partial charge in [-0.15, -0.1) is 0 Å². The van der Waals surface area contributed by atoms with Gasteiger partial charge in [0.25, 0.3) is 5.91 Å². The second-order valence-electron chi connectivity index (χ2n) is 4.96. The minimum Gasteiger partial charge on any atom is -0.481 e. The van der Waals surface area contributed by atoms with Gasteiger partial charge in [0.15, 0.2) is 18.2 Å². The maximum atomic E-state index is 13.3. The van der Waals surface area contributed by atoms with Crippen molar-refractivity contribution in [3.63, 3.8) is 0 Å². The van der Waals surface area contributed by atoms with Crippen LogP contribution >= 0.6 is 0 Å². The Morgan fingerprint density at radius 3 is 2.80 bits per heavy atom. The second-order valence-corrected chi connectivity index (χ2v) is 4.96. The van der Waals surface area contributed by atoms with Crippen LogP contribution in [0.25, 0.3) is 0 Å². The Morgan fingerprint density at radius 1 is 1.40 bits per heavy atom. The molecule has 1 aromatic carbocycles. The van der Waals surface area contributed by atoms with Crippen LogP contribution in [-0.4, -0.2) is 41.5 Å². The third-order valence-electron chi connectivity index (χ3n) is 3.45. The lowest BCUT2D eigenvalue weighted by molar-refractivity contribution is -0.123. The average Bonchev–Trinajstić information content (AvgIpc) is 2.77. The predicted octanol–water partition coefficient (Wildman–Crippen LogP) is 0.452. The second kappa shape index (κ2) is 6.67. The SMILES string of the molecule is O=C(COc1ccccc1F)N[C@H]1C[C@H](CO)[C@H](O)C1. The topological polar surface area (TPSA) is 78.8 Å². The van der Waals surface area contributed by atoms with E-state index in [0.29, 0.717) is 12.8 Å². The Kier molecular flexibility index (Phi) is 4.92. The van der Waals surface area contributed by atoms with Crippen LogP contribution in [0.1, 0.15) is 12.8 Å². The summed E-state index contributed by atoms with van der Waals surface area (Å²) in [5.41, 5.74) is 0. The fraction of sp³-hybridized carbons (Fsp3) is 0.500. The van der Waals surface area contributed by atoms with Crippen LogP contribution in [0.3, 0.4) is 0 Å². The summed E-state index contributed by atoms with van der Waals surface area (Å²) in [5.74, 6) is -1.06. The van der Waals surface area contributed by atoms with Crippen molar-refractivity contribution in [2.24, 2.45) is 5.92 Å². The first-order valence-corrected chi connectivity index (χ1v) is 6.55. The Hall–Kier alpha value is -1.66. The highest BCUT2D eigenvalue weighted by molar-refractivity contribution is 5.77. The van der Waals surface area contributed by atoms with Gasteiger partial charge in [-0.05, 0) is 25.0 Å². The summed E-state index contributed by atoms with van der Waals surface area (Å²) < 4.78 is 18.4. The predicted molar refractivity (Wildman–Crippen MR) is 69.6 cm³/mol. The number of rotatable bonds is 5. The van der Waals surface area contributed by atoms with Gasteiger partial charge in [-0.25, -0.2) is 4.39 Å². The molecule has 3 N–H and O–H groups in total. The van der Waals surface area contributed by atoms with Crippen molar-refractivity contribution in [2.45, 2.75) is 25.0 Å². The van der Waals surface area contributed by atoms with Crippen LogP contribution in [-0.2, 0) is 4.79 Å². The van der Waals surface area contributed by atoms with E-state index in [1.807, 2.05) is 0 Å². The molecule has 1 saturated carbocycles. The molecule has 0 saturated heterocycles. The van der Waals surface area contributed by atoms with Gasteiger partial charge in [-0.1, -0.05) is 12.1 Å². The molecule has 1 aliphatic carbocycles. The molecule has 110 valence electrons. The number of ether oxygens (including phenoxy) is 1. The van der Waals surface area contributed by atoms with E-state index in [1.54, 1.807) is 6.07 Å². The molecule has 2 rings (SSSR count). The summed E-state index contributed by atoms with van der Waals surface area (Å²) in [6, 6.07) is 5.68. The van der Waals surface area contributed by atoms with E-state index >= 15 is 0 Å². The van der Waals surface area contributed by atoms with E-state index in [0.717, 1.165) is 0 Å². The smallest absolute Gasteiger partial charge is 0.258 e. The number of para-hydroxylation sites is 1. The van der Waals surface area contributed by atoms with Crippen molar-refractivity contribution in [2.75, 3.05) is 13.2 Å². The summed E-state index contributed by atoms with van der Waals surface area (Å²) in [7, 11) is 0. The molecule has 0 bridgehead atoms. The zero-order valence-corrected chi connectivity index (χ0v) is 11.0. The molecule has 0 aromatic heterocycles. The van der Waals surface area contributed by atoms with Gasteiger partial charge in [0.1, 0.15) is 0 Å². The Morgan fingerprint density at radius 2 is 2.15 bits per heavy atom. The molecular formula is C14H18FNO4. The highest BCUT2D eigenvalue weighted by Crippen LogP contribution is 2.25. The van der Waals surface area contributed by atoms with Gasteiger partial charge in [0.05, 0.1) is 6.10 Å². The summed E-state index contributed by atoms with van der Waals surface area (Å²) >= 11 is 0. The molecule has 0 unspecified atom stereocenters. The first-order chi connectivity index (χ1) is 9.60. The van der Waals surface area contributed by atoms with Gasteiger partial charge in [-0.3, -0.25) is 4.79 Å². The van der Waals surface area contributed by atoms with Crippen molar-refractivity contribution < 1.29 is 24.1 Å². The summed E-state index contributed by atoms with van der Waals surface area (Å²) in [6.45, 7) is -0.378. The van der Waals surface area contributed by atoms with E-state index in [1.165, 1.54) is 18.2 Å². The molecule has 3 atom stereocenters.